The van der Waals surface area contributed by atoms with Crippen LogP contribution in [0.15, 0.2) is 67.7 Å². The Morgan fingerprint density at radius 3 is 2.71 bits per heavy atom. The highest BCUT2D eigenvalue weighted by atomic mass is 79.9. The van der Waals surface area contributed by atoms with E-state index in [-0.39, 0.29) is 5.56 Å². The van der Waals surface area contributed by atoms with Crippen molar-refractivity contribution in [1.29, 1.82) is 0 Å². The smallest absolute Gasteiger partial charge is 0.273 e. The van der Waals surface area contributed by atoms with Crippen LogP contribution >= 0.6 is 27.7 Å². The summed E-state index contributed by atoms with van der Waals surface area (Å²) >= 11 is 5.49. The van der Waals surface area contributed by atoms with Gasteiger partial charge in [-0.2, -0.15) is 4.98 Å². The van der Waals surface area contributed by atoms with Crippen LogP contribution in [0, 0.1) is 0 Å². The first kappa shape index (κ1) is 19.2. The average molecular weight is 454 g/mol. The second-order valence-corrected chi connectivity index (χ2v) is 8.58. The Bertz CT molecular complexity index is 1140. The molecule has 28 heavy (non-hydrogen) atoms. The number of aliphatic imine (C=N–C) groups is 1. The Balaban J connectivity index is 2.09. The van der Waals surface area contributed by atoms with Crippen molar-refractivity contribution in [2.24, 2.45) is 4.99 Å². The summed E-state index contributed by atoms with van der Waals surface area (Å²) in [5, 5.41) is 0. The number of nitrogens with zero attached hydrogens (tertiary/aromatic N) is 3. The van der Waals surface area contributed by atoms with E-state index in [0.29, 0.717) is 12.4 Å². The second kappa shape index (κ2) is 8.05. The zero-order chi connectivity index (χ0) is 19.7. The molecule has 142 valence electrons. The van der Waals surface area contributed by atoms with E-state index >= 15 is 0 Å². The van der Waals surface area contributed by atoms with Crippen molar-refractivity contribution in [3.8, 4) is 5.69 Å². The van der Waals surface area contributed by atoms with E-state index in [1.165, 1.54) is 4.90 Å². The highest BCUT2D eigenvalue weighted by molar-refractivity contribution is 9.10. The standard InChI is InChI=1S/C22H20BrN3OS/c1-3-14-12-20(27)25-19-13-24-22(15-8-5-6-9-16(15)23)21-17(26(14)19)10-7-11-18(21)28-4-2/h5-12H,3-4,13H2,1-2H3. The largest absolute Gasteiger partial charge is 0.300 e. The lowest BCUT2D eigenvalue weighted by Crippen LogP contribution is -2.20. The third kappa shape index (κ3) is 3.35. The normalized spacial score (nSPS) is 12.8. The summed E-state index contributed by atoms with van der Waals surface area (Å²) in [6.45, 7) is 4.58. The molecule has 0 unspecified atom stereocenters. The van der Waals surface area contributed by atoms with Crippen LogP contribution in [0.3, 0.4) is 0 Å². The fourth-order valence-electron chi connectivity index (χ4n) is 3.56. The molecule has 3 aromatic rings. The van der Waals surface area contributed by atoms with Gasteiger partial charge in [-0.15, -0.1) is 11.8 Å². The molecule has 0 N–H and O–H groups in total. The highest BCUT2D eigenvalue weighted by Gasteiger charge is 2.24. The summed E-state index contributed by atoms with van der Waals surface area (Å²) in [5.74, 6) is 1.65. The maximum atomic E-state index is 12.1. The lowest BCUT2D eigenvalue weighted by atomic mass is 10.00. The van der Waals surface area contributed by atoms with Gasteiger partial charge in [-0.3, -0.25) is 14.4 Å². The minimum Gasteiger partial charge on any atom is -0.300 e. The Hall–Kier alpha value is -2.18. The quantitative estimate of drug-likeness (QED) is 0.520. The van der Waals surface area contributed by atoms with E-state index in [1.54, 1.807) is 17.8 Å². The van der Waals surface area contributed by atoms with Gasteiger partial charge in [0.2, 0.25) is 0 Å². The van der Waals surface area contributed by atoms with Crippen LogP contribution in [-0.4, -0.2) is 21.0 Å². The third-order valence-electron chi connectivity index (χ3n) is 4.73. The van der Waals surface area contributed by atoms with Crippen molar-refractivity contribution in [3.63, 3.8) is 0 Å². The summed E-state index contributed by atoms with van der Waals surface area (Å²) < 4.78 is 3.12. The molecular weight excluding hydrogens is 434 g/mol. The fraction of sp³-hybridized carbons (Fsp3) is 0.227. The molecule has 0 radical (unpaired) electrons. The molecule has 0 saturated heterocycles. The maximum Gasteiger partial charge on any atom is 0.273 e. The first-order chi connectivity index (χ1) is 13.6. The highest BCUT2D eigenvalue weighted by Crippen LogP contribution is 2.34. The number of thioether (sulfide) groups is 1. The van der Waals surface area contributed by atoms with Crippen LogP contribution in [0.4, 0.5) is 0 Å². The molecule has 0 amide bonds. The summed E-state index contributed by atoms with van der Waals surface area (Å²) in [4.78, 5) is 22.6. The first-order valence-electron chi connectivity index (χ1n) is 9.31. The van der Waals surface area contributed by atoms with E-state index in [2.05, 4.69) is 63.6 Å². The molecule has 0 atom stereocenters. The van der Waals surface area contributed by atoms with Crippen molar-refractivity contribution in [3.05, 3.63) is 86.0 Å². The lowest BCUT2D eigenvalue weighted by Gasteiger charge is -2.20. The van der Waals surface area contributed by atoms with Gasteiger partial charge in [0.15, 0.2) is 0 Å². The van der Waals surface area contributed by atoms with Crippen LogP contribution in [0.1, 0.15) is 36.5 Å². The molecule has 1 aromatic heterocycles. The molecule has 0 aliphatic carbocycles. The minimum atomic E-state index is -0.205. The van der Waals surface area contributed by atoms with E-state index in [9.17, 15) is 4.79 Å². The molecule has 4 nitrogen and oxygen atoms in total. The van der Waals surface area contributed by atoms with Crippen LogP contribution < -0.4 is 5.56 Å². The number of fused-ring (bicyclic) bond motifs is 3. The Morgan fingerprint density at radius 1 is 1.14 bits per heavy atom. The van der Waals surface area contributed by atoms with Crippen molar-refractivity contribution in [2.45, 2.75) is 31.7 Å². The molecule has 1 aliphatic rings. The van der Waals surface area contributed by atoms with E-state index < -0.39 is 0 Å². The minimum absolute atomic E-state index is 0.205. The van der Waals surface area contributed by atoms with Gasteiger partial charge in [0.1, 0.15) is 5.82 Å². The van der Waals surface area contributed by atoms with Crippen molar-refractivity contribution in [2.75, 3.05) is 5.75 Å². The molecule has 2 aromatic carbocycles. The van der Waals surface area contributed by atoms with E-state index in [0.717, 1.165) is 44.9 Å². The monoisotopic (exact) mass is 453 g/mol. The maximum absolute atomic E-state index is 12.1. The van der Waals surface area contributed by atoms with Gasteiger partial charge in [-0.05, 0) is 30.4 Å². The molecule has 0 saturated carbocycles. The molecule has 1 aliphatic heterocycles. The molecule has 4 rings (SSSR count). The van der Waals surface area contributed by atoms with Crippen molar-refractivity contribution in [1.82, 2.24) is 9.55 Å². The predicted octanol–water partition coefficient (Wildman–Crippen LogP) is 5.02. The topological polar surface area (TPSA) is 47.2 Å². The van der Waals surface area contributed by atoms with Gasteiger partial charge >= 0.3 is 0 Å². The van der Waals surface area contributed by atoms with Crippen LogP contribution in [-0.2, 0) is 13.0 Å². The van der Waals surface area contributed by atoms with E-state index in [4.69, 9.17) is 4.99 Å². The van der Waals surface area contributed by atoms with Gasteiger partial charge in [-0.25, -0.2) is 0 Å². The molecule has 6 heteroatoms. The number of benzene rings is 2. The van der Waals surface area contributed by atoms with Gasteiger partial charge in [0, 0.05) is 32.3 Å². The molecule has 0 bridgehead atoms. The van der Waals surface area contributed by atoms with Gasteiger partial charge in [-0.1, -0.05) is 54.0 Å². The molecular formula is C22H20BrN3OS. The number of hydrogen-bond donors (Lipinski definition) is 0. The fourth-order valence-corrected chi connectivity index (χ4v) is 4.87. The van der Waals surface area contributed by atoms with Crippen LogP contribution in [0.25, 0.3) is 5.69 Å². The Morgan fingerprint density at radius 2 is 1.96 bits per heavy atom. The Labute approximate surface area is 176 Å². The zero-order valence-electron chi connectivity index (χ0n) is 15.8. The number of hydrogen-bond acceptors (Lipinski definition) is 4. The zero-order valence-corrected chi connectivity index (χ0v) is 18.2. The Kier molecular flexibility index (Phi) is 5.51. The SMILES string of the molecule is CCSc1cccc2c1C(c1ccccc1Br)=NCc1nc(=O)cc(CC)n1-2. The predicted molar refractivity (Wildman–Crippen MR) is 119 cm³/mol. The summed E-state index contributed by atoms with van der Waals surface area (Å²) in [6.07, 6.45) is 0.750. The number of aryl methyl sites for hydroxylation is 1. The van der Waals surface area contributed by atoms with E-state index in [1.807, 2.05) is 18.2 Å². The third-order valence-corrected chi connectivity index (χ3v) is 6.36. The van der Waals surface area contributed by atoms with Crippen molar-refractivity contribution < 1.29 is 0 Å². The molecule has 0 spiro atoms. The van der Waals surface area contributed by atoms with Gasteiger partial charge in [0.25, 0.3) is 5.56 Å². The molecule has 2 heterocycles. The average Bonchev–Trinajstić information content (AvgIpc) is 2.85. The second-order valence-electron chi connectivity index (χ2n) is 6.42. The number of aromatic nitrogens is 2. The van der Waals surface area contributed by atoms with Gasteiger partial charge < -0.3 is 0 Å². The number of rotatable bonds is 4. The van der Waals surface area contributed by atoms with Gasteiger partial charge in [0.05, 0.1) is 17.9 Å². The number of halogens is 1. The lowest BCUT2D eigenvalue weighted by molar-refractivity contribution is 0.770. The summed E-state index contributed by atoms with van der Waals surface area (Å²) in [6, 6.07) is 16.1. The first-order valence-corrected chi connectivity index (χ1v) is 11.1. The summed E-state index contributed by atoms with van der Waals surface area (Å²) in [5.41, 5.74) is 4.85. The van der Waals surface area contributed by atoms with Crippen LogP contribution in [0.2, 0.25) is 0 Å². The summed E-state index contributed by atoms with van der Waals surface area (Å²) in [7, 11) is 0. The molecule has 0 fully saturated rings. The van der Waals surface area contributed by atoms with Crippen molar-refractivity contribution >= 4 is 33.4 Å². The van der Waals surface area contributed by atoms with Crippen LogP contribution in [0.5, 0.6) is 0 Å².